The summed E-state index contributed by atoms with van der Waals surface area (Å²) in [6, 6.07) is 6.49. The summed E-state index contributed by atoms with van der Waals surface area (Å²) in [4.78, 5) is 2.43. The summed E-state index contributed by atoms with van der Waals surface area (Å²) < 4.78 is 13.1. The van der Waals surface area contributed by atoms with Crippen molar-refractivity contribution in [1.29, 1.82) is 0 Å². The normalized spacial score (nSPS) is 23.2. The van der Waals surface area contributed by atoms with E-state index >= 15 is 0 Å². The van der Waals surface area contributed by atoms with E-state index in [2.05, 4.69) is 24.2 Å². The van der Waals surface area contributed by atoms with Crippen LogP contribution in [0.1, 0.15) is 43.7 Å². The third-order valence-corrected chi connectivity index (χ3v) is 4.54. The van der Waals surface area contributed by atoms with Crippen molar-refractivity contribution in [2.75, 3.05) is 13.6 Å². The van der Waals surface area contributed by atoms with Crippen LogP contribution in [0.2, 0.25) is 0 Å². The van der Waals surface area contributed by atoms with Crippen molar-refractivity contribution >= 4 is 0 Å². The molecule has 0 aromatic heterocycles. The number of nitrogens with zero attached hydrogens (tertiary/aromatic N) is 1. The van der Waals surface area contributed by atoms with Crippen LogP contribution in [-0.2, 0) is 6.54 Å². The van der Waals surface area contributed by atoms with Crippen LogP contribution in [0, 0.1) is 12.7 Å². The van der Waals surface area contributed by atoms with E-state index in [1.807, 2.05) is 13.0 Å². The van der Waals surface area contributed by atoms with Crippen LogP contribution in [-0.4, -0.2) is 30.6 Å². The van der Waals surface area contributed by atoms with Gasteiger partial charge in [0.15, 0.2) is 0 Å². The number of benzene rings is 1. The fraction of sp³-hybridized carbons (Fsp3) is 0.647. The summed E-state index contributed by atoms with van der Waals surface area (Å²) in [7, 11) is 2.20. The lowest BCUT2D eigenvalue weighted by molar-refractivity contribution is 0.168. The first kappa shape index (κ1) is 15.5. The molecule has 0 saturated heterocycles. The maximum absolute atomic E-state index is 13.1. The van der Waals surface area contributed by atoms with Crippen molar-refractivity contribution in [1.82, 2.24) is 10.2 Å². The standard InChI is InChI=1S/C17H27FN2/c1-4-19-16-7-9-17(10-8-16)20(3)12-14-5-6-15(18)11-13(14)2/h5-6,11,16-17,19H,4,7-10,12H2,1-3H3. The van der Waals surface area contributed by atoms with E-state index in [9.17, 15) is 4.39 Å². The molecule has 0 radical (unpaired) electrons. The van der Waals surface area contributed by atoms with Crippen LogP contribution in [0.5, 0.6) is 0 Å². The Balaban J connectivity index is 1.87. The number of hydrogen-bond acceptors (Lipinski definition) is 2. The van der Waals surface area contributed by atoms with Gasteiger partial charge < -0.3 is 5.32 Å². The zero-order valence-corrected chi connectivity index (χ0v) is 13.0. The molecule has 1 aliphatic carbocycles. The molecule has 1 fully saturated rings. The van der Waals surface area contributed by atoms with Crippen molar-refractivity contribution in [3.05, 3.63) is 35.1 Å². The molecule has 20 heavy (non-hydrogen) atoms. The van der Waals surface area contributed by atoms with Crippen LogP contribution < -0.4 is 5.32 Å². The van der Waals surface area contributed by atoms with Crippen LogP contribution >= 0.6 is 0 Å². The predicted molar refractivity (Wildman–Crippen MR) is 82.3 cm³/mol. The Morgan fingerprint density at radius 2 is 1.95 bits per heavy atom. The van der Waals surface area contributed by atoms with Crippen molar-refractivity contribution in [2.45, 2.75) is 58.2 Å². The molecule has 1 aliphatic rings. The number of rotatable bonds is 5. The minimum Gasteiger partial charge on any atom is -0.314 e. The second-order valence-electron chi connectivity index (χ2n) is 6.05. The average Bonchev–Trinajstić information content (AvgIpc) is 2.43. The highest BCUT2D eigenvalue weighted by atomic mass is 19.1. The van der Waals surface area contributed by atoms with Gasteiger partial charge in [0.1, 0.15) is 5.82 Å². The van der Waals surface area contributed by atoms with Gasteiger partial charge in [-0.3, -0.25) is 4.90 Å². The minimum absolute atomic E-state index is 0.139. The Kier molecular flexibility index (Phi) is 5.55. The Hall–Kier alpha value is -0.930. The number of aryl methyl sites for hydroxylation is 1. The topological polar surface area (TPSA) is 15.3 Å². The van der Waals surface area contributed by atoms with Gasteiger partial charge in [-0.1, -0.05) is 13.0 Å². The van der Waals surface area contributed by atoms with Crippen LogP contribution in [0.25, 0.3) is 0 Å². The quantitative estimate of drug-likeness (QED) is 0.887. The first-order chi connectivity index (χ1) is 9.60. The molecule has 0 atom stereocenters. The highest BCUT2D eigenvalue weighted by molar-refractivity contribution is 5.26. The van der Waals surface area contributed by atoms with Gasteiger partial charge in [0.2, 0.25) is 0 Å². The van der Waals surface area contributed by atoms with Gasteiger partial charge in [-0.05, 0) is 69.5 Å². The van der Waals surface area contributed by atoms with Crippen LogP contribution in [0.3, 0.4) is 0 Å². The first-order valence-electron chi connectivity index (χ1n) is 7.78. The molecule has 0 unspecified atom stereocenters. The fourth-order valence-corrected chi connectivity index (χ4v) is 3.24. The Morgan fingerprint density at radius 1 is 1.25 bits per heavy atom. The van der Waals surface area contributed by atoms with Crippen molar-refractivity contribution in [3.8, 4) is 0 Å². The smallest absolute Gasteiger partial charge is 0.123 e. The van der Waals surface area contributed by atoms with E-state index in [1.54, 1.807) is 12.1 Å². The summed E-state index contributed by atoms with van der Waals surface area (Å²) in [6.07, 6.45) is 5.05. The highest BCUT2D eigenvalue weighted by Gasteiger charge is 2.23. The summed E-state index contributed by atoms with van der Waals surface area (Å²) in [5.74, 6) is -0.139. The monoisotopic (exact) mass is 278 g/mol. The lowest BCUT2D eigenvalue weighted by Gasteiger charge is -2.35. The molecule has 112 valence electrons. The second kappa shape index (κ2) is 7.19. The van der Waals surface area contributed by atoms with Crippen molar-refractivity contribution < 1.29 is 4.39 Å². The summed E-state index contributed by atoms with van der Waals surface area (Å²) in [5, 5.41) is 3.55. The summed E-state index contributed by atoms with van der Waals surface area (Å²) >= 11 is 0. The van der Waals surface area contributed by atoms with Crippen LogP contribution in [0.4, 0.5) is 4.39 Å². The zero-order chi connectivity index (χ0) is 14.5. The van der Waals surface area contributed by atoms with Gasteiger partial charge in [0.05, 0.1) is 0 Å². The van der Waals surface area contributed by atoms with Gasteiger partial charge in [0.25, 0.3) is 0 Å². The molecule has 0 heterocycles. The third-order valence-electron chi connectivity index (χ3n) is 4.54. The molecule has 0 amide bonds. The largest absolute Gasteiger partial charge is 0.314 e. The Bertz CT molecular complexity index is 425. The maximum atomic E-state index is 13.1. The van der Waals surface area contributed by atoms with E-state index in [0.717, 1.165) is 18.7 Å². The molecule has 1 aromatic carbocycles. The van der Waals surface area contributed by atoms with Gasteiger partial charge in [-0.2, -0.15) is 0 Å². The molecule has 1 N–H and O–H groups in total. The molecule has 3 heteroatoms. The molecule has 0 spiro atoms. The van der Waals surface area contributed by atoms with E-state index in [-0.39, 0.29) is 5.82 Å². The van der Waals surface area contributed by atoms with Crippen molar-refractivity contribution in [3.63, 3.8) is 0 Å². The molecule has 0 aliphatic heterocycles. The second-order valence-corrected chi connectivity index (χ2v) is 6.05. The van der Waals surface area contributed by atoms with E-state index in [1.165, 1.54) is 31.2 Å². The Labute approximate surface area is 122 Å². The first-order valence-corrected chi connectivity index (χ1v) is 7.78. The predicted octanol–water partition coefficient (Wildman–Crippen LogP) is 3.49. The van der Waals surface area contributed by atoms with Gasteiger partial charge >= 0.3 is 0 Å². The van der Waals surface area contributed by atoms with Gasteiger partial charge in [0, 0.05) is 18.6 Å². The molecular formula is C17H27FN2. The zero-order valence-electron chi connectivity index (χ0n) is 13.0. The van der Waals surface area contributed by atoms with E-state index in [0.29, 0.717) is 12.1 Å². The maximum Gasteiger partial charge on any atom is 0.123 e. The summed E-state index contributed by atoms with van der Waals surface area (Å²) in [6.45, 7) is 6.16. The molecule has 2 nitrogen and oxygen atoms in total. The Morgan fingerprint density at radius 3 is 2.55 bits per heavy atom. The molecule has 0 bridgehead atoms. The lowest BCUT2D eigenvalue weighted by atomic mass is 9.90. The van der Waals surface area contributed by atoms with Gasteiger partial charge in [-0.15, -0.1) is 0 Å². The lowest BCUT2D eigenvalue weighted by Crippen LogP contribution is -2.40. The number of hydrogen-bond donors (Lipinski definition) is 1. The summed E-state index contributed by atoms with van der Waals surface area (Å²) in [5.41, 5.74) is 2.29. The third kappa shape index (κ3) is 4.03. The fourth-order valence-electron chi connectivity index (χ4n) is 3.24. The number of nitrogens with one attached hydrogen (secondary N) is 1. The molecule has 1 aromatic rings. The van der Waals surface area contributed by atoms with E-state index < -0.39 is 0 Å². The molecule has 1 saturated carbocycles. The molecular weight excluding hydrogens is 251 g/mol. The van der Waals surface area contributed by atoms with E-state index in [4.69, 9.17) is 0 Å². The average molecular weight is 278 g/mol. The molecule has 2 rings (SSSR count). The SMILES string of the molecule is CCNC1CCC(N(C)Cc2ccc(F)cc2C)CC1. The minimum atomic E-state index is -0.139. The number of halogens is 1. The van der Waals surface area contributed by atoms with Crippen LogP contribution in [0.15, 0.2) is 18.2 Å². The van der Waals surface area contributed by atoms with Gasteiger partial charge in [-0.25, -0.2) is 4.39 Å². The van der Waals surface area contributed by atoms with Crippen molar-refractivity contribution in [2.24, 2.45) is 0 Å². The highest BCUT2D eigenvalue weighted by Crippen LogP contribution is 2.24.